The molecule has 0 spiro atoms. The smallest absolute Gasteiger partial charge is 0.306 e. The molecule has 0 aliphatic rings. The van der Waals surface area contributed by atoms with Crippen molar-refractivity contribution in [2.24, 2.45) is 0 Å². The summed E-state index contributed by atoms with van der Waals surface area (Å²) in [6.07, 6.45) is 91.5. The molecule has 0 rings (SSSR count). The molecule has 0 amide bonds. The zero-order valence-corrected chi connectivity index (χ0v) is 51.9. The third-order valence-electron chi connectivity index (χ3n) is 14.3. The SMILES string of the molecule is CC/C=C\C/C=C\C/C=C\C/C=C\C/C=C\CCCCCC(=O)OC(COC(=O)CCCCCCCCC)COC(=O)CCCCCCCCCCCCCCCCCCCCCCCC/C=C\C/C=C\C/C=C\C/C=C\CC. The van der Waals surface area contributed by atoms with E-state index in [-0.39, 0.29) is 31.1 Å². The summed E-state index contributed by atoms with van der Waals surface area (Å²) in [5, 5.41) is 0. The summed E-state index contributed by atoms with van der Waals surface area (Å²) in [7, 11) is 0. The minimum atomic E-state index is -0.792. The Bertz CT molecular complexity index is 1590. The fourth-order valence-corrected chi connectivity index (χ4v) is 9.35. The van der Waals surface area contributed by atoms with Gasteiger partial charge in [0.1, 0.15) is 13.2 Å². The number of esters is 3. The van der Waals surface area contributed by atoms with Crippen LogP contribution in [-0.2, 0) is 28.6 Å². The van der Waals surface area contributed by atoms with Gasteiger partial charge in [-0.15, -0.1) is 0 Å². The Balaban J connectivity index is 4.02. The number of carbonyl (C=O) groups is 3. The Morgan fingerprint density at radius 3 is 0.785 bits per heavy atom. The van der Waals surface area contributed by atoms with E-state index in [1.54, 1.807) is 0 Å². The maximum absolute atomic E-state index is 12.8. The maximum Gasteiger partial charge on any atom is 0.306 e. The number of hydrogen-bond donors (Lipinski definition) is 0. The first kappa shape index (κ1) is 75.1. The van der Waals surface area contributed by atoms with Gasteiger partial charge in [0.2, 0.25) is 0 Å². The van der Waals surface area contributed by atoms with Crippen LogP contribution in [0, 0.1) is 0 Å². The Hall–Kier alpha value is -3.93. The van der Waals surface area contributed by atoms with Gasteiger partial charge in [0, 0.05) is 19.3 Å². The van der Waals surface area contributed by atoms with Crippen molar-refractivity contribution in [3.63, 3.8) is 0 Å². The molecule has 1 atom stereocenters. The molecule has 6 heteroatoms. The van der Waals surface area contributed by atoms with Crippen LogP contribution in [0.25, 0.3) is 0 Å². The van der Waals surface area contributed by atoms with Crippen LogP contribution in [-0.4, -0.2) is 37.2 Å². The van der Waals surface area contributed by atoms with Crippen molar-refractivity contribution in [1.29, 1.82) is 0 Å². The molecule has 452 valence electrons. The highest BCUT2D eigenvalue weighted by molar-refractivity contribution is 5.71. The van der Waals surface area contributed by atoms with E-state index < -0.39 is 6.10 Å². The average Bonchev–Trinajstić information content (AvgIpc) is 3.45. The molecule has 1 unspecified atom stereocenters. The Morgan fingerprint density at radius 1 is 0.266 bits per heavy atom. The molecule has 0 aromatic rings. The number of ether oxygens (including phenoxy) is 3. The van der Waals surface area contributed by atoms with Gasteiger partial charge in [-0.25, -0.2) is 0 Å². The number of hydrogen-bond acceptors (Lipinski definition) is 6. The quantitative estimate of drug-likeness (QED) is 0.0261. The van der Waals surface area contributed by atoms with Gasteiger partial charge in [-0.05, 0) is 103 Å². The van der Waals surface area contributed by atoms with Crippen molar-refractivity contribution in [3.05, 3.63) is 109 Å². The maximum atomic E-state index is 12.8. The van der Waals surface area contributed by atoms with Crippen LogP contribution in [0.5, 0.6) is 0 Å². The second kappa shape index (κ2) is 66.6. The Kier molecular flexibility index (Phi) is 63.3. The minimum absolute atomic E-state index is 0.0881. The molecule has 0 saturated heterocycles. The van der Waals surface area contributed by atoms with E-state index >= 15 is 0 Å². The lowest BCUT2D eigenvalue weighted by Gasteiger charge is -2.18. The topological polar surface area (TPSA) is 78.9 Å². The monoisotopic (exact) mass is 1100 g/mol. The van der Waals surface area contributed by atoms with Gasteiger partial charge in [0.15, 0.2) is 6.10 Å². The van der Waals surface area contributed by atoms with E-state index in [1.165, 1.54) is 154 Å². The van der Waals surface area contributed by atoms with Crippen LogP contribution in [0.2, 0.25) is 0 Å². The zero-order valence-electron chi connectivity index (χ0n) is 51.9. The van der Waals surface area contributed by atoms with Gasteiger partial charge in [0.05, 0.1) is 0 Å². The number of carbonyl (C=O) groups excluding carboxylic acids is 3. The van der Waals surface area contributed by atoms with Gasteiger partial charge < -0.3 is 14.2 Å². The van der Waals surface area contributed by atoms with Gasteiger partial charge >= 0.3 is 17.9 Å². The molecule has 0 fully saturated rings. The molecule has 0 heterocycles. The van der Waals surface area contributed by atoms with Crippen molar-refractivity contribution in [2.75, 3.05) is 13.2 Å². The van der Waals surface area contributed by atoms with E-state index in [9.17, 15) is 14.4 Å². The highest BCUT2D eigenvalue weighted by atomic mass is 16.6. The summed E-state index contributed by atoms with van der Waals surface area (Å²) >= 11 is 0. The second-order valence-electron chi connectivity index (χ2n) is 22.0. The van der Waals surface area contributed by atoms with E-state index in [0.717, 1.165) is 122 Å². The van der Waals surface area contributed by atoms with Crippen molar-refractivity contribution >= 4 is 17.9 Å². The molecule has 0 aromatic carbocycles. The van der Waals surface area contributed by atoms with E-state index in [1.807, 2.05) is 0 Å². The molecule has 79 heavy (non-hydrogen) atoms. The Labute approximate surface area is 489 Å². The summed E-state index contributed by atoms with van der Waals surface area (Å²) in [6.45, 7) is 6.36. The molecule has 6 nitrogen and oxygen atoms in total. The molecular weight excluding hydrogens is 973 g/mol. The normalized spacial score (nSPS) is 12.8. The van der Waals surface area contributed by atoms with Crippen LogP contribution in [0.4, 0.5) is 0 Å². The molecule has 0 N–H and O–H groups in total. The number of unbranched alkanes of at least 4 members (excludes halogenated alkanes) is 31. The highest BCUT2D eigenvalue weighted by Gasteiger charge is 2.19. The van der Waals surface area contributed by atoms with Crippen LogP contribution in [0.1, 0.15) is 316 Å². The highest BCUT2D eigenvalue weighted by Crippen LogP contribution is 2.17. The van der Waals surface area contributed by atoms with Crippen molar-refractivity contribution in [3.8, 4) is 0 Å². The molecule has 0 aromatic heterocycles. The van der Waals surface area contributed by atoms with E-state index in [0.29, 0.717) is 19.3 Å². The molecule has 0 aliphatic carbocycles. The average molecular weight is 1100 g/mol. The first-order valence-electron chi connectivity index (χ1n) is 33.4. The first-order chi connectivity index (χ1) is 39.0. The fourth-order valence-electron chi connectivity index (χ4n) is 9.35. The lowest BCUT2D eigenvalue weighted by atomic mass is 10.0. The second-order valence-corrected chi connectivity index (χ2v) is 22.0. The molecular formula is C73H124O6. The predicted octanol–water partition coefficient (Wildman–Crippen LogP) is 23.0. The third kappa shape index (κ3) is 64.8. The van der Waals surface area contributed by atoms with E-state index in [4.69, 9.17) is 14.2 Å². The van der Waals surface area contributed by atoms with Gasteiger partial charge in [-0.1, -0.05) is 304 Å². The van der Waals surface area contributed by atoms with Gasteiger partial charge in [-0.3, -0.25) is 14.4 Å². The Morgan fingerprint density at radius 2 is 0.494 bits per heavy atom. The summed E-state index contributed by atoms with van der Waals surface area (Å²) in [6, 6.07) is 0. The van der Waals surface area contributed by atoms with Gasteiger partial charge in [-0.2, -0.15) is 0 Å². The summed E-state index contributed by atoms with van der Waals surface area (Å²) in [4.78, 5) is 38.1. The van der Waals surface area contributed by atoms with Crippen LogP contribution < -0.4 is 0 Å². The lowest BCUT2D eigenvalue weighted by molar-refractivity contribution is -0.167. The standard InChI is InChI=1S/C73H124O6/c1-4-7-10-13-16-18-20-22-24-26-28-29-30-31-32-33-34-35-36-37-38-39-40-41-42-43-45-46-48-50-52-54-57-60-63-66-72(75)78-69-70(68-77-71(74)65-62-59-56-15-12-9-6-3)79-73(76)67-64-61-58-55-53-51-49-47-44-27-25-23-21-19-17-14-11-8-5-2/h7-8,10-11,16-19,22-25,28-29,44,47,51,53,70H,4-6,9,12-15,20-21,26-27,30-43,45-46,48-50,52,54-69H2,1-3H3/b10-7-,11-8-,18-16-,19-17-,24-22-,25-23-,29-28-,47-44-,53-51-. The fraction of sp³-hybridized carbons (Fsp3) is 0.712. The van der Waals surface area contributed by atoms with Crippen LogP contribution >= 0.6 is 0 Å². The van der Waals surface area contributed by atoms with Crippen LogP contribution in [0.15, 0.2) is 109 Å². The minimum Gasteiger partial charge on any atom is -0.462 e. The number of allylic oxidation sites excluding steroid dienone is 18. The summed E-state index contributed by atoms with van der Waals surface area (Å²) in [5.41, 5.74) is 0. The van der Waals surface area contributed by atoms with Crippen molar-refractivity contribution < 1.29 is 28.6 Å². The number of rotatable bonds is 60. The van der Waals surface area contributed by atoms with Crippen molar-refractivity contribution in [2.45, 2.75) is 322 Å². The van der Waals surface area contributed by atoms with E-state index in [2.05, 4.69) is 130 Å². The lowest BCUT2D eigenvalue weighted by Crippen LogP contribution is -2.30. The third-order valence-corrected chi connectivity index (χ3v) is 14.3. The van der Waals surface area contributed by atoms with Crippen LogP contribution in [0.3, 0.4) is 0 Å². The summed E-state index contributed by atoms with van der Waals surface area (Å²) < 4.78 is 16.8. The first-order valence-corrected chi connectivity index (χ1v) is 33.4. The van der Waals surface area contributed by atoms with Crippen molar-refractivity contribution in [1.82, 2.24) is 0 Å². The molecule has 0 radical (unpaired) electrons. The largest absolute Gasteiger partial charge is 0.462 e. The predicted molar refractivity (Wildman–Crippen MR) is 343 cm³/mol. The molecule has 0 saturated carbocycles. The molecule has 0 aliphatic heterocycles. The van der Waals surface area contributed by atoms with Gasteiger partial charge in [0.25, 0.3) is 0 Å². The zero-order chi connectivity index (χ0) is 57.1. The molecule has 0 bridgehead atoms. The summed E-state index contributed by atoms with van der Waals surface area (Å²) in [5.74, 6) is -0.918.